The standard InChI is InChI=1S/C14H12N2O2S/c1-9-8-19-14-15-13(11(7-17)16(9)14)10-5-3-4-6-12(10)18-2/h3-8H,1-2H3. The lowest BCUT2D eigenvalue weighted by Crippen LogP contribution is -1.94. The molecule has 0 fully saturated rings. The second-order valence-corrected chi connectivity index (χ2v) is 5.00. The number of carbonyl (C=O) groups is 1. The van der Waals surface area contributed by atoms with E-state index < -0.39 is 0 Å². The van der Waals surface area contributed by atoms with Gasteiger partial charge in [0.15, 0.2) is 11.2 Å². The second-order valence-electron chi connectivity index (χ2n) is 4.16. The molecule has 3 rings (SSSR count). The van der Waals surface area contributed by atoms with Crippen LogP contribution in [0.5, 0.6) is 5.75 Å². The Kier molecular flexibility index (Phi) is 2.83. The molecule has 3 aromatic rings. The minimum atomic E-state index is 0.568. The van der Waals surface area contributed by atoms with Gasteiger partial charge in [-0.25, -0.2) is 4.98 Å². The summed E-state index contributed by atoms with van der Waals surface area (Å²) in [6.07, 6.45) is 0.849. The van der Waals surface area contributed by atoms with Crippen molar-refractivity contribution in [3.05, 3.63) is 41.0 Å². The van der Waals surface area contributed by atoms with Crippen LogP contribution in [0, 0.1) is 6.92 Å². The molecule has 0 atom stereocenters. The van der Waals surface area contributed by atoms with Crippen LogP contribution in [0.2, 0.25) is 0 Å². The molecule has 1 aromatic carbocycles. The fourth-order valence-electron chi connectivity index (χ4n) is 2.17. The second kappa shape index (κ2) is 4.51. The average Bonchev–Trinajstić information content (AvgIpc) is 2.98. The number of fused-ring (bicyclic) bond motifs is 1. The maximum atomic E-state index is 11.4. The predicted octanol–water partition coefficient (Wildman–Crippen LogP) is 3.19. The zero-order valence-electron chi connectivity index (χ0n) is 10.6. The molecule has 0 radical (unpaired) electrons. The number of methoxy groups -OCH3 is 1. The summed E-state index contributed by atoms with van der Waals surface area (Å²) >= 11 is 1.52. The van der Waals surface area contributed by atoms with Crippen molar-refractivity contribution in [1.82, 2.24) is 9.38 Å². The summed E-state index contributed by atoms with van der Waals surface area (Å²) in [5.41, 5.74) is 3.08. The minimum absolute atomic E-state index is 0.568. The number of thiazole rings is 1. The lowest BCUT2D eigenvalue weighted by atomic mass is 10.1. The third-order valence-corrected chi connectivity index (χ3v) is 3.99. The highest BCUT2D eigenvalue weighted by Crippen LogP contribution is 2.33. The zero-order chi connectivity index (χ0) is 13.4. The number of carbonyl (C=O) groups excluding carboxylic acids is 1. The van der Waals surface area contributed by atoms with E-state index in [1.807, 2.05) is 41.0 Å². The summed E-state index contributed by atoms with van der Waals surface area (Å²) in [7, 11) is 1.61. The number of aromatic nitrogens is 2. The fraction of sp³-hybridized carbons (Fsp3) is 0.143. The Bertz CT molecular complexity index is 758. The Labute approximate surface area is 114 Å². The van der Waals surface area contributed by atoms with E-state index in [1.165, 1.54) is 11.3 Å². The average molecular weight is 272 g/mol. The van der Waals surface area contributed by atoms with Gasteiger partial charge in [0.05, 0.1) is 7.11 Å². The van der Waals surface area contributed by atoms with Crippen LogP contribution in [0.15, 0.2) is 29.6 Å². The molecule has 96 valence electrons. The molecule has 0 aliphatic heterocycles. The van der Waals surface area contributed by atoms with Crippen molar-refractivity contribution in [3.8, 4) is 17.0 Å². The lowest BCUT2D eigenvalue weighted by molar-refractivity contribution is 0.111. The smallest absolute Gasteiger partial charge is 0.195 e. The summed E-state index contributed by atoms with van der Waals surface area (Å²) in [6, 6.07) is 7.58. The van der Waals surface area contributed by atoms with Crippen LogP contribution in [0.4, 0.5) is 0 Å². The summed E-state index contributed by atoms with van der Waals surface area (Å²) in [6.45, 7) is 1.96. The van der Waals surface area contributed by atoms with Crippen LogP contribution in [0.3, 0.4) is 0 Å². The number of benzene rings is 1. The molecule has 0 spiro atoms. The maximum Gasteiger partial charge on any atom is 0.195 e. The predicted molar refractivity (Wildman–Crippen MR) is 75.2 cm³/mol. The molecular formula is C14H12N2O2S. The van der Waals surface area contributed by atoms with Crippen molar-refractivity contribution >= 4 is 22.6 Å². The number of imidazole rings is 1. The van der Waals surface area contributed by atoms with Crippen molar-refractivity contribution in [3.63, 3.8) is 0 Å². The van der Waals surface area contributed by atoms with Gasteiger partial charge in [0, 0.05) is 16.6 Å². The lowest BCUT2D eigenvalue weighted by Gasteiger charge is -2.06. The number of hydrogen-bond acceptors (Lipinski definition) is 4. The first kappa shape index (κ1) is 11.9. The fourth-order valence-corrected chi connectivity index (χ4v) is 3.04. The van der Waals surface area contributed by atoms with E-state index in [-0.39, 0.29) is 0 Å². The highest BCUT2D eigenvalue weighted by molar-refractivity contribution is 7.15. The number of aldehydes is 1. The highest BCUT2D eigenvalue weighted by atomic mass is 32.1. The van der Waals surface area contributed by atoms with Crippen molar-refractivity contribution in [2.45, 2.75) is 6.92 Å². The number of para-hydroxylation sites is 1. The molecule has 0 amide bonds. The Hall–Kier alpha value is -2.14. The molecule has 0 aliphatic carbocycles. The van der Waals surface area contributed by atoms with Gasteiger partial charge in [-0.15, -0.1) is 11.3 Å². The van der Waals surface area contributed by atoms with E-state index in [9.17, 15) is 4.79 Å². The van der Waals surface area contributed by atoms with Crippen LogP contribution < -0.4 is 4.74 Å². The van der Waals surface area contributed by atoms with Gasteiger partial charge in [0.25, 0.3) is 0 Å². The Morgan fingerprint density at radius 2 is 2.16 bits per heavy atom. The van der Waals surface area contributed by atoms with Gasteiger partial charge in [0.1, 0.15) is 17.1 Å². The van der Waals surface area contributed by atoms with Crippen molar-refractivity contribution in [1.29, 1.82) is 0 Å². The van der Waals surface area contributed by atoms with Gasteiger partial charge in [-0.3, -0.25) is 9.20 Å². The van der Waals surface area contributed by atoms with Gasteiger partial charge in [-0.05, 0) is 19.1 Å². The van der Waals surface area contributed by atoms with Crippen molar-refractivity contribution in [2.75, 3.05) is 7.11 Å². The SMILES string of the molecule is COc1ccccc1-c1nc2scc(C)n2c1C=O. The van der Waals surface area contributed by atoms with Gasteiger partial charge >= 0.3 is 0 Å². The first-order valence-corrected chi connectivity index (χ1v) is 6.69. The molecule has 0 N–H and O–H groups in total. The maximum absolute atomic E-state index is 11.4. The summed E-state index contributed by atoms with van der Waals surface area (Å²) in [5.74, 6) is 0.717. The number of hydrogen-bond donors (Lipinski definition) is 0. The normalized spacial score (nSPS) is 10.8. The molecule has 5 heteroatoms. The van der Waals surface area contributed by atoms with E-state index >= 15 is 0 Å². The molecule has 2 aromatic heterocycles. The molecule has 0 saturated heterocycles. The van der Waals surface area contributed by atoms with E-state index in [0.29, 0.717) is 17.1 Å². The Morgan fingerprint density at radius 1 is 1.37 bits per heavy atom. The molecular weight excluding hydrogens is 260 g/mol. The molecule has 4 nitrogen and oxygen atoms in total. The van der Waals surface area contributed by atoms with Crippen LogP contribution in [-0.2, 0) is 0 Å². The van der Waals surface area contributed by atoms with E-state index in [2.05, 4.69) is 4.98 Å². The third-order valence-electron chi connectivity index (χ3n) is 3.04. The van der Waals surface area contributed by atoms with Crippen LogP contribution >= 0.6 is 11.3 Å². The van der Waals surface area contributed by atoms with Crippen molar-refractivity contribution < 1.29 is 9.53 Å². The molecule has 19 heavy (non-hydrogen) atoms. The summed E-state index contributed by atoms with van der Waals surface area (Å²) < 4.78 is 7.21. The van der Waals surface area contributed by atoms with E-state index in [0.717, 1.165) is 22.5 Å². The Balaban J connectivity index is 2.33. The Morgan fingerprint density at radius 3 is 2.89 bits per heavy atom. The zero-order valence-corrected chi connectivity index (χ0v) is 11.4. The largest absolute Gasteiger partial charge is 0.496 e. The number of rotatable bonds is 3. The topological polar surface area (TPSA) is 43.6 Å². The van der Waals surface area contributed by atoms with E-state index in [4.69, 9.17) is 4.74 Å². The van der Waals surface area contributed by atoms with Gasteiger partial charge in [-0.1, -0.05) is 12.1 Å². The first-order chi connectivity index (χ1) is 9.26. The quantitative estimate of drug-likeness (QED) is 0.688. The van der Waals surface area contributed by atoms with Gasteiger partial charge < -0.3 is 4.74 Å². The molecule has 0 saturated carbocycles. The van der Waals surface area contributed by atoms with Crippen LogP contribution in [-0.4, -0.2) is 22.8 Å². The van der Waals surface area contributed by atoms with Crippen LogP contribution in [0.25, 0.3) is 16.2 Å². The van der Waals surface area contributed by atoms with E-state index in [1.54, 1.807) is 7.11 Å². The minimum Gasteiger partial charge on any atom is -0.496 e. The monoisotopic (exact) mass is 272 g/mol. The van der Waals surface area contributed by atoms with Gasteiger partial charge in [0.2, 0.25) is 0 Å². The summed E-state index contributed by atoms with van der Waals surface area (Å²) in [4.78, 5) is 16.8. The molecule has 2 heterocycles. The number of nitrogens with zero attached hydrogens (tertiary/aromatic N) is 2. The van der Waals surface area contributed by atoms with Crippen LogP contribution in [0.1, 0.15) is 16.2 Å². The molecule has 0 bridgehead atoms. The molecule has 0 aliphatic rings. The highest BCUT2D eigenvalue weighted by Gasteiger charge is 2.18. The number of aryl methyl sites for hydroxylation is 1. The summed E-state index contributed by atoms with van der Waals surface area (Å²) in [5, 5.41) is 1.99. The van der Waals surface area contributed by atoms with Crippen molar-refractivity contribution in [2.24, 2.45) is 0 Å². The number of ether oxygens (including phenoxy) is 1. The molecule has 0 unspecified atom stereocenters. The third kappa shape index (κ3) is 1.74. The first-order valence-electron chi connectivity index (χ1n) is 5.81. The van der Waals surface area contributed by atoms with Gasteiger partial charge in [-0.2, -0.15) is 0 Å².